The molecule has 2 amide bonds. The summed E-state index contributed by atoms with van der Waals surface area (Å²) in [6.07, 6.45) is 2.29. The summed E-state index contributed by atoms with van der Waals surface area (Å²) in [6.45, 7) is 0.360. The Kier molecular flexibility index (Phi) is 6.88. The van der Waals surface area contributed by atoms with Crippen molar-refractivity contribution in [1.29, 1.82) is 0 Å². The molecule has 1 fully saturated rings. The van der Waals surface area contributed by atoms with Crippen molar-refractivity contribution in [3.05, 3.63) is 40.6 Å². The van der Waals surface area contributed by atoms with Gasteiger partial charge in [-0.15, -0.1) is 0 Å². The van der Waals surface area contributed by atoms with Gasteiger partial charge in [-0.2, -0.15) is 11.3 Å². The molecule has 0 aliphatic heterocycles. The average molecular weight is 438 g/mol. The number of hydrogen-bond donors (Lipinski definition) is 3. The minimum absolute atomic E-state index is 0.00978. The smallest absolute Gasteiger partial charge is 0.252 e. The number of methoxy groups -OCH3 is 1. The molecular formula is C19H23N3O5S2. The monoisotopic (exact) mass is 437 g/mol. The second-order valence-corrected chi connectivity index (χ2v) is 9.17. The highest BCUT2D eigenvalue weighted by Gasteiger charge is 2.28. The number of amides is 2. The third-order valence-corrected chi connectivity index (χ3v) is 6.51. The largest absolute Gasteiger partial charge is 0.495 e. The number of carbonyl (C=O) groups is 2. The first-order valence-corrected chi connectivity index (χ1v) is 11.6. The van der Waals surface area contributed by atoms with E-state index in [0.717, 1.165) is 12.8 Å². The molecule has 1 heterocycles. The Balaban J connectivity index is 1.54. The number of anilines is 1. The minimum Gasteiger partial charge on any atom is -0.495 e. The number of rotatable bonds is 10. The Morgan fingerprint density at radius 3 is 2.69 bits per heavy atom. The topological polar surface area (TPSA) is 114 Å². The van der Waals surface area contributed by atoms with Crippen molar-refractivity contribution in [1.82, 2.24) is 10.0 Å². The predicted octanol–water partition coefficient (Wildman–Crippen LogP) is 2.35. The quantitative estimate of drug-likeness (QED) is 0.494. The van der Waals surface area contributed by atoms with Crippen molar-refractivity contribution in [3.63, 3.8) is 0 Å². The van der Waals surface area contributed by atoms with Gasteiger partial charge in [-0.1, -0.05) is 0 Å². The van der Waals surface area contributed by atoms with Gasteiger partial charge >= 0.3 is 0 Å². The van der Waals surface area contributed by atoms with Crippen LogP contribution < -0.4 is 20.1 Å². The van der Waals surface area contributed by atoms with E-state index in [1.165, 1.54) is 36.6 Å². The van der Waals surface area contributed by atoms with Gasteiger partial charge in [-0.05, 0) is 48.9 Å². The highest BCUT2D eigenvalue weighted by atomic mass is 32.2. The summed E-state index contributed by atoms with van der Waals surface area (Å²) in [5, 5.41) is 9.03. The first kappa shape index (κ1) is 21.3. The van der Waals surface area contributed by atoms with Crippen molar-refractivity contribution in [2.45, 2.75) is 36.6 Å². The Bertz CT molecular complexity index is 970. The van der Waals surface area contributed by atoms with Gasteiger partial charge in [-0.3, -0.25) is 9.59 Å². The van der Waals surface area contributed by atoms with Gasteiger partial charge in [0.25, 0.3) is 5.91 Å². The fourth-order valence-electron chi connectivity index (χ4n) is 2.60. The molecule has 8 nitrogen and oxygen atoms in total. The molecule has 1 aromatic heterocycles. The van der Waals surface area contributed by atoms with Crippen LogP contribution in [0.3, 0.4) is 0 Å². The molecular weight excluding hydrogens is 414 g/mol. The summed E-state index contributed by atoms with van der Waals surface area (Å²) < 4.78 is 32.6. The van der Waals surface area contributed by atoms with Crippen molar-refractivity contribution in [2.75, 3.05) is 19.0 Å². The second-order valence-electron chi connectivity index (χ2n) is 6.68. The molecule has 1 saturated carbocycles. The molecule has 156 valence electrons. The highest BCUT2D eigenvalue weighted by molar-refractivity contribution is 7.89. The standard InChI is InChI=1S/C19H23N3O5S2/c1-27-17-7-6-15(29(25,26)22-14-4-5-14)11-16(17)21-18(23)3-2-9-20-19(24)13-8-10-28-12-13/h6-8,10-12,14,22H,2-5,9H2,1H3,(H,20,24)(H,21,23). The molecule has 0 spiro atoms. The van der Waals surface area contributed by atoms with Gasteiger partial charge in [0.05, 0.1) is 17.7 Å². The first-order valence-electron chi connectivity index (χ1n) is 9.19. The van der Waals surface area contributed by atoms with Crippen molar-refractivity contribution < 1.29 is 22.7 Å². The summed E-state index contributed by atoms with van der Waals surface area (Å²) in [7, 11) is -2.19. The van der Waals surface area contributed by atoms with Crippen LogP contribution >= 0.6 is 11.3 Å². The maximum atomic E-state index is 12.4. The number of benzene rings is 1. The lowest BCUT2D eigenvalue weighted by Gasteiger charge is -2.13. The highest BCUT2D eigenvalue weighted by Crippen LogP contribution is 2.29. The van der Waals surface area contributed by atoms with Crippen molar-refractivity contribution in [3.8, 4) is 5.75 Å². The van der Waals surface area contributed by atoms with Crippen molar-refractivity contribution >= 4 is 38.9 Å². The maximum absolute atomic E-state index is 12.4. The fraction of sp³-hybridized carbons (Fsp3) is 0.368. The van der Waals surface area contributed by atoms with E-state index >= 15 is 0 Å². The molecule has 0 unspecified atom stereocenters. The van der Waals surface area contributed by atoms with Gasteiger partial charge in [0.2, 0.25) is 15.9 Å². The maximum Gasteiger partial charge on any atom is 0.252 e. The zero-order valence-corrected chi connectivity index (χ0v) is 17.6. The van der Waals surface area contributed by atoms with Crippen LogP contribution in [-0.4, -0.2) is 39.9 Å². The Hall–Kier alpha value is -2.43. The van der Waals surface area contributed by atoms with Gasteiger partial charge in [-0.25, -0.2) is 13.1 Å². The number of sulfonamides is 1. The molecule has 10 heteroatoms. The SMILES string of the molecule is COc1ccc(S(=O)(=O)NC2CC2)cc1NC(=O)CCCNC(=O)c1ccsc1. The molecule has 0 saturated heterocycles. The second kappa shape index (κ2) is 9.38. The van der Waals surface area contributed by atoms with E-state index in [0.29, 0.717) is 30.0 Å². The summed E-state index contributed by atoms with van der Waals surface area (Å²) in [6, 6.07) is 6.07. The molecule has 1 aliphatic rings. The Morgan fingerprint density at radius 1 is 1.24 bits per heavy atom. The minimum atomic E-state index is -3.64. The lowest BCUT2D eigenvalue weighted by molar-refractivity contribution is -0.116. The molecule has 2 aromatic rings. The van der Waals surface area contributed by atoms with Crippen molar-refractivity contribution in [2.24, 2.45) is 0 Å². The molecule has 1 aliphatic carbocycles. The van der Waals surface area contributed by atoms with Crippen LogP contribution in [0.25, 0.3) is 0 Å². The van der Waals surface area contributed by atoms with E-state index < -0.39 is 10.0 Å². The van der Waals surface area contributed by atoms with Crippen LogP contribution in [0, 0.1) is 0 Å². The van der Waals surface area contributed by atoms with Crippen LogP contribution in [0.5, 0.6) is 5.75 Å². The van der Waals surface area contributed by atoms with Crippen LogP contribution in [0.4, 0.5) is 5.69 Å². The van der Waals surface area contributed by atoms with E-state index in [1.807, 2.05) is 5.38 Å². The molecule has 3 N–H and O–H groups in total. The van der Waals surface area contributed by atoms with Gasteiger partial charge in [0.1, 0.15) is 5.75 Å². The summed E-state index contributed by atoms with van der Waals surface area (Å²) in [4.78, 5) is 24.2. The molecule has 3 rings (SSSR count). The molecule has 0 bridgehead atoms. The average Bonchev–Trinajstić information content (AvgIpc) is 3.31. The fourth-order valence-corrected chi connectivity index (χ4v) is 4.57. The zero-order valence-electron chi connectivity index (χ0n) is 15.9. The summed E-state index contributed by atoms with van der Waals surface area (Å²) in [5.41, 5.74) is 0.889. The van der Waals surface area contributed by atoms with E-state index in [9.17, 15) is 18.0 Å². The van der Waals surface area contributed by atoms with Gasteiger partial charge < -0.3 is 15.4 Å². The van der Waals surface area contributed by atoms with E-state index in [1.54, 1.807) is 11.4 Å². The third-order valence-electron chi connectivity index (χ3n) is 4.30. The van der Waals surface area contributed by atoms with Crippen LogP contribution in [0.2, 0.25) is 0 Å². The predicted molar refractivity (Wildman–Crippen MR) is 111 cm³/mol. The zero-order chi connectivity index (χ0) is 20.9. The van der Waals surface area contributed by atoms with Gasteiger partial charge in [0.15, 0.2) is 0 Å². The third kappa shape index (κ3) is 6.02. The molecule has 1 aromatic carbocycles. The van der Waals surface area contributed by atoms with Crippen LogP contribution in [0.1, 0.15) is 36.0 Å². The lowest BCUT2D eigenvalue weighted by Crippen LogP contribution is -2.26. The van der Waals surface area contributed by atoms with Crippen LogP contribution in [0.15, 0.2) is 39.9 Å². The number of hydrogen-bond acceptors (Lipinski definition) is 6. The normalized spacial score (nSPS) is 13.7. The van der Waals surface area contributed by atoms with Crippen LogP contribution in [-0.2, 0) is 14.8 Å². The molecule has 0 atom stereocenters. The first-order chi connectivity index (χ1) is 13.9. The summed E-state index contributed by atoms with van der Waals surface area (Å²) >= 11 is 1.44. The van der Waals surface area contributed by atoms with E-state index in [-0.39, 0.29) is 29.2 Å². The Morgan fingerprint density at radius 2 is 2.03 bits per heavy atom. The van der Waals surface area contributed by atoms with E-state index in [2.05, 4.69) is 15.4 Å². The number of carbonyl (C=O) groups excluding carboxylic acids is 2. The number of nitrogens with one attached hydrogen (secondary N) is 3. The molecule has 29 heavy (non-hydrogen) atoms. The lowest BCUT2D eigenvalue weighted by atomic mass is 10.2. The number of ether oxygens (including phenoxy) is 1. The van der Waals surface area contributed by atoms with Gasteiger partial charge in [0, 0.05) is 30.0 Å². The summed E-state index contributed by atoms with van der Waals surface area (Å²) in [5.74, 6) is -0.0957. The Labute approximate surface area is 173 Å². The van der Waals surface area contributed by atoms with E-state index in [4.69, 9.17) is 4.74 Å². The molecule has 0 radical (unpaired) electrons. The number of thiophene rings is 1.